The van der Waals surface area contributed by atoms with Gasteiger partial charge in [-0.3, -0.25) is 4.79 Å². The Labute approximate surface area is 200 Å². The molecule has 0 atom stereocenters. The Kier molecular flexibility index (Phi) is 8.14. The summed E-state index contributed by atoms with van der Waals surface area (Å²) in [7, 11) is 0. The van der Waals surface area contributed by atoms with Crippen LogP contribution >= 0.6 is 45.2 Å². The van der Waals surface area contributed by atoms with Crippen LogP contribution in [0, 0.1) is 18.8 Å². The summed E-state index contributed by atoms with van der Waals surface area (Å²) in [6.45, 7) is 0.261. The third-order valence-electron chi connectivity index (χ3n) is 3.97. The van der Waals surface area contributed by atoms with Gasteiger partial charge in [-0.25, -0.2) is 14.2 Å². The minimum Gasteiger partial charge on any atom is -0.487 e. The lowest BCUT2D eigenvalue weighted by Gasteiger charge is -2.11. The van der Waals surface area contributed by atoms with Crippen LogP contribution in [0.15, 0.2) is 65.8 Å². The van der Waals surface area contributed by atoms with Gasteiger partial charge in [-0.15, -0.1) is 0 Å². The van der Waals surface area contributed by atoms with Gasteiger partial charge < -0.3 is 4.74 Å². The number of ether oxygens (including phenoxy) is 1. The molecule has 3 aromatic carbocycles. The van der Waals surface area contributed by atoms with Gasteiger partial charge in [-0.05, 0) is 98.3 Å². The smallest absolute Gasteiger partial charge is 0.244 e. The number of carbonyl (C=O) groups excluding carboxylic acids is 1. The molecule has 0 fully saturated rings. The molecule has 0 saturated carbocycles. The van der Waals surface area contributed by atoms with Gasteiger partial charge in [0.2, 0.25) is 5.91 Å². The summed E-state index contributed by atoms with van der Waals surface area (Å²) in [5, 5.41) is 3.98. The van der Waals surface area contributed by atoms with E-state index in [1.165, 1.54) is 24.3 Å². The summed E-state index contributed by atoms with van der Waals surface area (Å²) < 4.78 is 33.8. The van der Waals surface area contributed by atoms with Crippen LogP contribution in [0.2, 0.25) is 0 Å². The van der Waals surface area contributed by atoms with Gasteiger partial charge >= 0.3 is 0 Å². The van der Waals surface area contributed by atoms with E-state index in [-0.39, 0.29) is 30.6 Å². The van der Waals surface area contributed by atoms with Crippen LogP contribution in [0.3, 0.4) is 0 Å². The molecule has 0 bridgehead atoms. The lowest BCUT2D eigenvalue weighted by atomic mass is 10.1. The van der Waals surface area contributed by atoms with Gasteiger partial charge in [0.25, 0.3) is 0 Å². The van der Waals surface area contributed by atoms with Crippen LogP contribution in [0.25, 0.3) is 0 Å². The molecule has 0 aromatic heterocycles. The van der Waals surface area contributed by atoms with E-state index in [4.69, 9.17) is 4.74 Å². The molecule has 154 valence electrons. The molecular formula is C22H16F2I2N2O2. The standard InChI is InChI=1S/C22H16F2I2N2O2/c23-17-6-4-14(5-7-17)11-21(29)28-27-12-16-9-19(25)22(20(26)10-16)30-13-15-2-1-3-18(24)8-15/h1-10,12H,11,13H2,(H,28,29)/b27-12+. The van der Waals surface area contributed by atoms with E-state index in [0.29, 0.717) is 11.3 Å². The second-order valence-electron chi connectivity index (χ2n) is 6.33. The zero-order valence-electron chi connectivity index (χ0n) is 15.5. The number of amides is 1. The van der Waals surface area contributed by atoms with Crippen LogP contribution in [0.1, 0.15) is 16.7 Å². The zero-order valence-corrected chi connectivity index (χ0v) is 19.9. The Morgan fingerprint density at radius 1 is 0.967 bits per heavy atom. The van der Waals surface area contributed by atoms with E-state index >= 15 is 0 Å². The molecule has 0 unspecified atom stereocenters. The maximum atomic E-state index is 13.3. The van der Waals surface area contributed by atoms with Crippen molar-refractivity contribution in [1.82, 2.24) is 5.43 Å². The van der Waals surface area contributed by atoms with E-state index in [9.17, 15) is 13.6 Å². The molecule has 0 saturated heterocycles. The molecular weight excluding hydrogens is 616 g/mol. The lowest BCUT2D eigenvalue weighted by molar-refractivity contribution is -0.120. The highest BCUT2D eigenvalue weighted by Crippen LogP contribution is 2.29. The Bertz CT molecular complexity index is 1050. The monoisotopic (exact) mass is 632 g/mol. The van der Waals surface area contributed by atoms with Gasteiger partial charge in [0, 0.05) is 0 Å². The van der Waals surface area contributed by atoms with Crippen LogP contribution in [0.5, 0.6) is 5.75 Å². The largest absolute Gasteiger partial charge is 0.487 e. The summed E-state index contributed by atoms with van der Waals surface area (Å²) in [6, 6.07) is 15.8. The summed E-state index contributed by atoms with van der Waals surface area (Å²) in [5.74, 6) is -0.228. The maximum absolute atomic E-state index is 13.3. The first-order valence-corrected chi connectivity index (χ1v) is 11.0. The van der Waals surface area contributed by atoms with E-state index < -0.39 is 0 Å². The average Bonchev–Trinajstić information content (AvgIpc) is 2.69. The second kappa shape index (κ2) is 10.8. The SMILES string of the molecule is O=C(Cc1ccc(F)cc1)N/N=C/c1cc(I)c(OCc2cccc(F)c2)c(I)c1. The molecule has 1 N–H and O–H groups in total. The molecule has 3 aromatic rings. The Balaban J connectivity index is 1.58. The molecule has 0 aliphatic carbocycles. The first-order valence-electron chi connectivity index (χ1n) is 8.83. The minimum absolute atomic E-state index is 0.111. The first kappa shape index (κ1) is 22.6. The van der Waals surface area contributed by atoms with Crippen LogP contribution in [-0.4, -0.2) is 12.1 Å². The Hall–Kier alpha value is -2.08. The molecule has 4 nitrogen and oxygen atoms in total. The number of carbonyl (C=O) groups is 1. The fourth-order valence-corrected chi connectivity index (χ4v) is 4.71. The van der Waals surface area contributed by atoms with Crippen molar-refractivity contribution in [3.63, 3.8) is 0 Å². The fraction of sp³-hybridized carbons (Fsp3) is 0.0909. The summed E-state index contributed by atoms with van der Waals surface area (Å²) >= 11 is 4.32. The van der Waals surface area contributed by atoms with Gasteiger partial charge in [0.15, 0.2) is 0 Å². The van der Waals surface area contributed by atoms with Crippen molar-refractivity contribution < 1.29 is 18.3 Å². The molecule has 0 aliphatic rings. The highest BCUT2D eigenvalue weighted by Gasteiger charge is 2.09. The Morgan fingerprint density at radius 2 is 1.67 bits per heavy atom. The summed E-state index contributed by atoms with van der Waals surface area (Å²) in [4.78, 5) is 12.0. The molecule has 30 heavy (non-hydrogen) atoms. The van der Waals surface area contributed by atoms with Crippen LogP contribution < -0.4 is 10.2 Å². The highest BCUT2D eigenvalue weighted by molar-refractivity contribution is 14.1. The van der Waals surface area contributed by atoms with Crippen molar-refractivity contribution in [1.29, 1.82) is 0 Å². The van der Waals surface area contributed by atoms with Crippen molar-refractivity contribution in [2.24, 2.45) is 5.10 Å². The molecule has 8 heteroatoms. The molecule has 0 spiro atoms. The number of hydrogen-bond acceptors (Lipinski definition) is 3. The van der Waals surface area contributed by atoms with Gasteiger partial charge in [0.1, 0.15) is 24.0 Å². The van der Waals surface area contributed by atoms with E-state index in [2.05, 4.69) is 55.7 Å². The van der Waals surface area contributed by atoms with E-state index in [1.54, 1.807) is 30.5 Å². The predicted octanol–water partition coefficient (Wildman–Crippen LogP) is 5.45. The normalized spacial score (nSPS) is 10.9. The summed E-state index contributed by atoms with van der Waals surface area (Å²) in [5.41, 5.74) is 4.71. The maximum Gasteiger partial charge on any atom is 0.244 e. The van der Waals surface area contributed by atoms with Crippen molar-refractivity contribution in [2.45, 2.75) is 13.0 Å². The quantitative estimate of drug-likeness (QED) is 0.214. The molecule has 0 radical (unpaired) electrons. The predicted molar refractivity (Wildman–Crippen MR) is 128 cm³/mol. The van der Waals surface area contributed by atoms with Gasteiger partial charge in [0.05, 0.1) is 19.8 Å². The molecule has 0 aliphatic heterocycles. The minimum atomic E-state index is -0.343. The zero-order chi connectivity index (χ0) is 21.5. The van der Waals surface area contributed by atoms with Crippen molar-refractivity contribution >= 4 is 57.3 Å². The third-order valence-corrected chi connectivity index (χ3v) is 5.58. The number of hydrazone groups is 1. The Morgan fingerprint density at radius 3 is 2.33 bits per heavy atom. The highest BCUT2D eigenvalue weighted by atomic mass is 127. The number of benzene rings is 3. The first-order chi connectivity index (χ1) is 14.4. The fourth-order valence-electron chi connectivity index (χ4n) is 2.58. The lowest BCUT2D eigenvalue weighted by Crippen LogP contribution is -2.19. The van der Waals surface area contributed by atoms with Crippen molar-refractivity contribution in [3.05, 3.63) is 96.1 Å². The van der Waals surface area contributed by atoms with Gasteiger partial charge in [-0.1, -0.05) is 24.3 Å². The molecule has 0 heterocycles. The van der Waals surface area contributed by atoms with E-state index in [1.807, 2.05) is 12.1 Å². The molecule has 3 rings (SSSR count). The number of halogens is 4. The van der Waals surface area contributed by atoms with Crippen molar-refractivity contribution in [2.75, 3.05) is 0 Å². The number of nitrogens with zero attached hydrogens (tertiary/aromatic N) is 1. The van der Waals surface area contributed by atoms with Crippen LogP contribution in [0.4, 0.5) is 8.78 Å². The third kappa shape index (κ3) is 6.73. The second-order valence-corrected chi connectivity index (χ2v) is 8.65. The summed E-state index contributed by atoms with van der Waals surface area (Å²) in [6.07, 6.45) is 1.66. The van der Waals surface area contributed by atoms with Gasteiger partial charge in [-0.2, -0.15) is 5.10 Å². The van der Waals surface area contributed by atoms with E-state index in [0.717, 1.165) is 18.3 Å². The molecule has 1 amide bonds. The number of hydrogen-bond donors (Lipinski definition) is 1. The topological polar surface area (TPSA) is 50.7 Å². The van der Waals surface area contributed by atoms with Crippen LogP contribution in [-0.2, 0) is 17.8 Å². The number of nitrogens with one attached hydrogen (secondary N) is 1. The number of rotatable bonds is 7. The average molecular weight is 632 g/mol. The van der Waals surface area contributed by atoms with Crippen molar-refractivity contribution in [3.8, 4) is 5.75 Å².